The van der Waals surface area contributed by atoms with E-state index in [1.54, 1.807) is 0 Å². The third-order valence-electron chi connectivity index (χ3n) is 21.0. The Morgan fingerprint density at radius 2 is 1.20 bits per heavy atom. The van der Waals surface area contributed by atoms with Gasteiger partial charge in [0, 0.05) is 0 Å². The fourth-order valence-electron chi connectivity index (χ4n) is 16.8. The number of hydrogen-bond acceptors (Lipinski definition) is 22. The predicted octanol–water partition coefficient (Wildman–Crippen LogP) is -1.93. The van der Waals surface area contributed by atoms with Crippen molar-refractivity contribution in [2.24, 2.45) is 50.7 Å². The molecule has 30 unspecified atom stereocenters. The van der Waals surface area contributed by atoms with Crippen molar-refractivity contribution in [3.05, 3.63) is 11.6 Å². The van der Waals surface area contributed by atoms with Gasteiger partial charge in [0.05, 0.1) is 50.8 Å². The lowest BCUT2D eigenvalue weighted by atomic mass is 9.34. The first-order valence-electron chi connectivity index (χ1n) is 27.7. The number of aliphatic hydroxyl groups is 15. The molecule has 4 saturated carbocycles. The van der Waals surface area contributed by atoms with Crippen molar-refractivity contribution in [1.82, 2.24) is 0 Å². The number of ether oxygens (including phenoxy) is 7. The Bertz CT molecular complexity index is 1980. The normalized spacial score (nSPS) is 53.2. The van der Waals surface area contributed by atoms with Gasteiger partial charge in [-0.15, -0.1) is 0 Å². The molecule has 440 valence electrons. The van der Waals surface area contributed by atoms with Crippen LogP contribution in [0.2, 0.25) is 0 Å². The lowest BCUT2D eigenvalue weighted by Gasteiger charge is -2.71. The van der Waals surface area contributed by atoms with Gasteiger partial charge in [-0.05, 0) is 122 Å². The minimum Gasteiger partial charge on any atom is -0.394 e. The van der Waals surface area contributed by atoms with Gasteiger partial charge in [0.2, 0.25) is 0 Å². The van der Waals surface area contributed by atoms with Crippen LogP contribution in [0.1, 0.15) is 113 Å². The average molecular weight is 1090 g/mol. The molecule has 0 amide bonds. The van der Waals surface area contributed by atoms with Crippen LogP contribution in [0.5, 0.6) is 0 Å². The second-order valence-corrected chi connectivity index (χ2v) is 26.1. The summed E-state index contributed by atoms with van der Waals surface area (Å²) in [6, 6.07) is 0. The first kappa shape index (κ1) is 60.9. The number of rotatable bonds is 15. The van der Waals surface area contributed by atoms with E-state index in [0.717, 1.165) is 18.4 Å². The summed E-state index contributed by atoms with van der Waals surface area (Å²) in [5.41, 5.74) is -1.85. The van der Waals surface area contributed by atoms with Crippen molar-refractivity contribution in [3.63, 3.8) is 0 Å². The molecule has 22 heteroatoms. The van der Waals surface area contributed by atoms with Crippen LogP contribution < -0.4 is 0 Å². The lowest BCUT2D eigenvalue weighted by molar-refractivity contribution is -0.380. The minimum atomic E-state index is -1.84. The molecule has 8 aliphatic rings. The van der Waals surface area contributed by atoms with Crippen molar-refractivity contribution < 1.29 is 110 Å². The molecule has 30 atom stereocenters. The third kappa shape index (κ3) is 10.5. The largest absolute Gasteiger partial charge is 0.394 e. The first-order valence-corrected chi connectivity index (χ1v) is 27.7. The van der Waals surface area contributed by atoms with Gasteiger partial charge < -0.3 is 110 Å². The number of fused-ring (bicyclic) bond motifs is 5. The molecule has 4 aliphatic heterocycles. The maximum absolute atomic E-state index is 12.9. The standard InChI is InChI=1S/C54H92O22/c1-23(2)10-9-13-51(5,18-28-36(61)40(65)39(64)31(72-28)22-71-47-43(68)35(60)27(59)21-70-47)24-11-15-53(7)34(24)25(57)16-32-52(6)14-12-33(50(3,4)46(52)26(58)17-54(32,53)8)75-49-45(42(67)38(63)30(20-56)74-49)76-48-44(69)41(66)37(62)29(19-55)73-48/h10,24-49,55-69H,9,11-22H2,1-8H3. The highest BCUT2D eigenvalue weighted by Crippen LogP contribution is 2.76. The van der Waals surface area contributed by atoms with Gasteiger partial charge in [-0.2, -0.15) is 0 Å². The second kappa shape index (κ2) is 22.9. The zero-order valence-electron chi connectivity index (χ0n) is 45.3. The van der Waals surface area contributed by atoms with E-state index in [-0.39, 0.29) is 37.4 Å². The van der Waals surface area contributed by atoms with E-state index in [4.69, 9.17) is 33.2 Å². The molecular weight excluding hydrogens is 1000 g/mol. The zero-order valence-corrected chi connectivity index (χ0v) is 45.3. The van der Waals surface area contributed by atoms with E-state index in [2.05, 4.69) is 33.8 Å². The van der Waals surface area contributed by atoms with Crippen LogP contribution >= 0.6 is 0 Å². The van der Waals surface area contributed by atoms with Crippen LogP contribution in [0.3, 0.4) is 0 Å². The highest BCUT2D eigenvalue weighted by atomic mass is 16.8. The third-order valence-corrected chi connectivity index (χ3v) is 21.0. The summed E-state index contributed by atoms with van der Waals surface area (Å²) >= 11 is 0. The molecular formula is C54H92O22. The van der Waals surface area contributed by atoms with Crippen LogP contribution in [-0.2, 0) is 33.2 Å². The molecule has 0 bridgehead atoms. The number of aliphatic hydroxyl groups excluding tert-OH is 15. The monoisotopic (exact) mass is 1090 g/mol. The second-order valence-electron chi connectivity index (χ2n) is 26.1. The van der Waals surface area contributed by atoms with E-state index in [1.807, 2.05) is 27.7 Å². The van der Waals surface area contributed by atoms with E-state index in [0.29, 0.717) is 38.5 Å². The van der Waals surface area contributed by atoms with Crippen molar-refractivity contribution in [2.75, 3.05) is 26.4 Å². The maximum Gasteiger partial charge on any atom is 0.187 e. The van der Waals surface area contributed by atoms with Crippen molar-refractivity contribution >= 4 is 0 Å². The Balaban J connectivity index is 1.03. The molecule has 0 aromatic carbocycles. The summed E-state index contributed by atoms with van der Waals surface area (Å²) in [5, 5.41) is 165. The molecule has 0 aromatic heterocycles. The predicted molar refractivity (Wildman–Crippen MR) is 265 cm³/mol. The Hall–Kier alpha value is -1.14. The van der Waals surface area contributed by atoms with Gasteiger partial charge in [0.1, 0.15) is 91.6 Å². The molecule has 76 heavy (non-hydrogen) atoms. The zero-order chi connectivity index (χ0) is 55.9. The van der Waals surface area contributed by atoms with Crippen LogP contribution in [0.15, 0.2) is 11.6 Å². The first-order chi connectivity index (χ1) is 35.5. The molecule has 8 fully saturated rings. The van der Waals surface area contributed by atoms with Crippen molar-refractivity contribution in [3.8, 4) is 0 Å². The molecule has 22 nitrogen and oxygen atoms in total. The van der Waals surface area contributed by atoms with Gasteiger partial charge in [0.15, 0.2) is 18.9 Å². The molecule has 4 heterocycles. The molecule has 0 spiro atoms. The van der Waals surface area contributed by atoms with Gasteiger partial charge in [-0.3, -0.25) is 0 Å². The van der Waals surface area contributed by atoms with E-state index >= 15 is 0 Å². The van der Waals surface area contributed by atoms with Crippen molar-refractivity contribution in [2.45, 2.75) is 248 Å². The smallest absolute Gasteiger partial charge is 0.187 e. The fraction of sp³-hybridized carbons (Fsp3) is 0.963. The summed E-state index contributed by atoms with van der Waals surface area (Å²) in [4.78, 5) is 0. The van der Waals surface area contributed by atoms with Gasteiger partial charge in [-0.1, -0.05) is 53.2 Å². The Morgan fingerprint density at radius 3 is 1.84 bits per heavy atom. The number of hydrogen-bond donors (Lipinski definition) is 15. The van der Waals surface area contributed by atoms with Crippen molar-refractivity contribution in [1.29, 1.82) is 0 Å². The minimum absolute atomic E-state index is 0.0820. The van der Waals surface area contributed by atoms with Gasteiger partial charge in [0.25, 0.3) is 0 Å². The Morgan fingerprint density at radius 1 is 0.605 bits per heavy atom. The lowest BCUT2D eigenvalue weighted by Crippen LogP contribution is -2.70. The Labute approximate surface area is 445 Å². The maximum atomic E-state index is 12.9. The SMILES string of the molecule is CC(C)=CCCC(C)(CC1OC(COC2OCC(O)C(O)C2O)C(O)C(O)C1O)C1CCC2(C)C1C(O)CC1C3(C)CCC(OC4OC(CO)C(O)C(O)C4OC4OC(CO)C(O)C(O)C4O)C(C)(C)C3C(O)CC12C. The Kier molecular flexibility index (Phi) is 18.4. The quantitative estimate of drug-likeness (QED) is 0.0627. The topological polar surface area (TPSA) is 368 Å². The number of allylic oxidation sites excluding steroid dienone is 2. The average Bonchev–Trinajstić information content (AvgIpc) is 3.75. The summed E-state index contributed by atoms with van der Waals surface area (Å²) in [5.74, 6) is -0.849. The van der Waals surface area contributed by atoms with E-state index < -0.39 is 181 Å². The summed E-state index contributed by atoms with van der Waals surface area (Å²) in [7, 11) is 0. The molecule has 0 aromatic rings. The van der Waals surface area contributed by atoms with Crippen LogP contribution in [-0.4, -0.2) is 238 Å². The van der Waals surface area contributed by atoms with Gasteiger partial charge in [-0.25, -0.2) is 0 Å². The molecule has 15 N–H and O–H groups in total. The van der Waals surface area contributed by atoms with E-state index in [1.165, 1.54) is 0 Å². The van der Waals surface area contributed by atoms with Gasteiger partial charge >= 0.3 is 0 Å². The summed E-state index contributed by atoms with van der Waals surface area (Å²) in [6.45, 7) is 14.8. The summed E-state index contributed by atoms with van der Waals surface area (Å²) in [6.07, 6.45) is -24.1. The highest BCUT2D eigenvalue weighted by Gasteiger charge is 2.73. The summed E-state index contributed by atoms with van der Waals surface area (Å²) < 4.78 is 42.0. The molecule has 4 aliphatic carbocycles. The van der Waals surface area contributed by atoms with E-state index in [9.17, 15) is 76.6 Å². The van der Waals surface area contributed by atoms with Crippen LogP contribution in [0.25, 0.3) is 0 Å². The molecule has 4 saturated heterocycles. The molecule has 0 radical (unpaired) electrons. The van der Waals surface area contributed by atoms with Crippen LogP contribution in [0.4, 0.5) is 0 Å². The molecule has 8 rings (SSSR count). The fourth-order valence-corrected chi connectivity index (χ4v) is 16.8. The highest BCUT2D eigenvalue weighted by molar-refractivity contribution is 5.22. The van der Waals surface area contributed by atoms with Crippen LogP contribution in [0, 0.1) is 50.7 Å².